The molecule has 0 fully saturated rings. The largest absolute Gasteiger partial charge is 0.370 e. The summed E-state index contributed by atoms with van der Waals surface area (Å²) < 4.78 is 13.9. The number of nitrogens with zero attached hydrogens (tertiary/aromatic N) is 2. The molecule has 2 heterocycles. The molecule has 3 rings (SSSR count). The van der Waals surface area contributed by atoms with E-state index in [0.29, 0.717) is 24.6 Å². The van der Waals surface area contributed by atoms with Gasteiger partial charge in [0.25, 0.3) is 0 Å². The molecule has 1 aromatic heterocycles. The Balaban J connectivity index is 1.88. The van der Waals surface area contributed by atoms with Gasteiger partial charge in [0.15, 0.2) is 5.96 Å². The summed E-state index contributed by atoms with van der Waals surface area (Å²) in [5.74, 6) is 0.287. The Hall–Kier alpha value is -1.88. The number of halogens is 1. The second-order valence-electron chi connectivity index (χ2n) is 4.44. The van der Waals surface area contributed by atoms with Gasteiger partial charge in [-0.05, 0) is 17.5 Å². The minimum Gasteiger partial charge on any atom is -0.370 e. The molecule has 5 heteroatoms. The van der Waals surface area contributed by atoms with Crippen LogP contribution in [0.2, 0.25) is 0 Å². The van der Waals surface area contributed by atoms with E-state index in [1.807, 2.05) is 22.4 Å². The highest BCUT2D eigenvalue weighted by Crippen LogP contribution is 2.29. The SMILES string of the molecule is NC1=NCC(c2ccccc2F)N1Cc1cccs1. The second kappa shape index (κ2) is 5.01. The van der Waals surface area contributed by atoms with Crippen molar-refractivity contribution in [3.05, 3.63) is 58.0 Å². The summed E-state index contributed by atoms with van der Waals surface area (Å²) >= 11 is 1.67. The molecule has 1 aromatic carbocycles. The third-order valence-electron chi connectivity index (χ3n) is 3.27. The zero-order chi connectivity index (χ0) is 13.2. The average Bonchev–Trinajstić information content (AvgIpc) is 3.03. The Labute approximate surface area is 115 Å². The summed E-state index contributed by atoms with van der Waals surface area (Å²) in [5, 5.41) is 2.02. The number of thiophene rings is 1. The van der Waals surface area contributed by atoms with Gasteiger partial charge in [0.1, 0.15) is 5.82 Å². The van der Waals surface area contributed by atoms with E-state index in [0.717, 1.165) is 0 Å². The van der Waals surface area contributed by atoms with Crippen LogP contribution in [0.1, 0.15) is 16.5 Å². The molecular formula is C14H14FN3S. The van der Waals surface area contributed by atoms with Crippen LogP contribution in [-0.4, -0.2) is 17.4 Å². The highest BCUT2D eigenvalue weighted by molar-refractivity contribution is 7.09. The van der Waals surface area contributed by atoms with Crippen LogP contribution >= 0.6 is 11.3 Å². The van der Waals surface area contributed by atoms with E-state index in [1.165, 1.54) is 10.9 Å². The van der Waals surface area contributed by atoms with Crippen LogP contribution in [0.4, 0.5) is 4.39 Å². The van der Waals surface area contributed by atoms with Gasteiger partial charge in [0.2, 0.25) is 0 Å². The predicted octanol–water partition coefficient (Wildman–Crippen LogP) is 2.76. The molecule has 1 unspecified atom stereocenters. The minimum absolute atomic E-state index is 0.108. The molecular weight excluding hydrogens is 261 g/mol. The molecule has 2 aromatic rings. The normalized spacial score (nSPS) is 18.7. The first-order valence-electron chi connectivity index (χ1n) is 6.09. The minimum atomic E-state index is -0.200. The van der Waals surface area contributed by atoms with Crippen LogP contribution in [0.3, 0.4) is 0 Å². The summed E-state index contributed by atoms with van der Waals surface area (Å²) in [6.45, 7) is 1.18. The Bertz CT molecular complexity index is 594. The number of guanidine groups is 1. The maximum atomic E-state index is 13.9. The average molecular weight is 275 g/mol. The van der Waals surface area contributed by atoms with E-state index < -0.39 is 0 Å². The van der Waals surface area contributed by atoms with E-state index in [-0.39, 0.29) is 11.9 Å². The van der Waals surface area contributed by atoms with Crippen molar-refractivity contribution >= 4 is 17.3 Å². The van der Waals surface area contributed by atoms with Crippen molar-refractivity contribution < 1.29 is 4.39 Å². The lowest BCUT2D eigenvalue weighted by atomic mass is 10.1. The van der Waals surface area contributed by atoms with Gasteiger partial charge in [0, 0.05) is 10.4 Å². The van der Waals surface area contributed by atoms with E-state index in [4.69, 9.17) is 5.73 Å². The van der Waals surface area contributed by atoms with Crippen LogP contribution in [0.15, 0.2) is 46.8 Å². The number of hydrogen-bond donors (Lipinski definition) is 1. The van der Waals surface area contributed by atoms with Crippen LogP contribution in [0, 0.1) is 5.82 Å². The molecule has 0 bridgehead atoms. The number of benzene rings is 1. The first-order valence-corrected chi connectivity index (χ1v) is 6.97. The summed E-state index contributed by atoms with van der Waals surface area (Å²) in [4.78, 5) is 7.41. The maximum absolute atomic E-state index is 13.9. The molecule has 0 spiro atoms. The second-order valence-corrected chi connectivity index (χ2v) is 5.48. The number of rotatable bonds is 3. The summed E-state index contributed by atoms with van der Waals surface area (Å²) in [7, 11) is 0. The zero-order valence-corrected chi connectivity index (χ0v) is 11.1. The van der Waals surface area contributed by atoms with Crippen LogP contribution < -0.4 is 5.73 Å². The van der Waals surface area contributed by atoms with Crippen molar-refractivity contribution in [2.45, 2.75) is 12.6 Å². The molecule has 0 aliphatic carbocycles. The van der Waals surface area contributed by atoms with Crippen molar-refractivity contribution in [1.82, 2.24) is 4.90 Å². The standard InChI is InChI=1S/C14H14FN3S/c15-12-6-2-1-5-11(12)13-8-17-14(16)18(13)9-10-4-3-7-19-10/h1-7,13H,8-9H2,(H2,16,17). The van der Waals surface area contributed by atoms with Crippen molar-refractivity contribution in [2.24, 2.45) is 10.7 Å². The van der Waals surface area contributed by atoms with Crippen molar-refractivity contribution in [3.8, 4) is 0 Å². The lowest BCUT2D eigenvalue weighted by Gasteiger charge is -2.26. The molecule has 1 aliphatic heterocycles. The first kappa shape index (κ1) is 12.2. The molecule has 0 saturated heterocycles. The van der Waals surface area contributed by atoms with Gasteiger partial charge < -0.3 is 10.6 Å². The maximum Gasteiger partial charge on any atom is 0.192 e. The first-order chi connectivity index (χ1) is 9.25. The highest BCUT2D eigenvalue weighted by Gasteiger charge is 2.29. The smallest absolute Gasteiger partial charge is 0.192 e. The van der Waals surface area contributed by atoms with Gasteiger partial charge in [-0.2, -0.15) is 0 Å². The third kappa shape index (κ3) is 2.33. The topological polar surface area (TPSA) is 41.6 Å². The Morgan fingerprint density at radius 3 is 2.89 bits per heavy atom. The van der Waals surface area contributed by atoms with Gasteiger partial charge in [-0.15, -0.1) is 11.3 Å². The van der Waals surface area contributed by atoms with Crippen molar-refractivity contribution in [2.75, 3.05) is 6.54 Å². The van der Waals surface area contributed by atoms with Crippen LogP contribution in [0.25, 0.3) is 0 Å². The van der Waals surface area contributed by atoms with Gasteiger partial charge in [-0.25, -0.2) is 4.39 Å². The highest BCUT2D eigenvalue weighted by atomic mass is 32.1. The molecule has 0 saturated carbocycles. The monoisotopic (exact) mass is 275 g/mol. The lowest BCUT2D eigenvalue weighted by molar-refractivity contribution is 0.334. The molecule has 0 radical (unpaired) electrons. The molecule has 1 atom stereocenters. The summed E-state index contributed by atoms with van der Waals surface area (Å²) in [5.41, 5.74) is 6.59. The summed E-state index contributed by atoms with van der Waals surface area (Å²) in [6, 6.07) is 10.8. The van der Waals surface area contributed by atoms with Crippen molar-refractivity contribution in [3.63, 3.8) is 0 Å². The van der Waals surface area contributed by atoms with Gasteiger partial charge >= 0.3 is 0 Å². The van der Waals surface area contributed by atoms with Crippen molar-refractivity contribution in [1.29, 1.82) is 0 Å². The number of aliphatic imine (C=N–C) groups is 1. The third-order valence-corrected chi connectivity index (χ3v) is 4.13. The van der Waals surface area contributed by atoms with E-state index in [2.05, 4.69) is 11.1 Å². The van der Waals surface area contributed by atoms with E-state index in [9.17, 15) is 4.39 Å². The summed E-state index contributed by atoms with van der Waals surface area (Å²) in [6.07, 6.45) is 0. The number of hydrogen-bond acceptors (Lipinski definition) is 4. The quantitative estimate of drug-likeness (QED) is 0.936. The van der Waals surface area contributed by atoms with Crippen LogP contribution in [0.5, 0.6) is 0 Å². The van der Waals surface area contributed by atoms with Crippen LogP contribution in [-0.2, 0) is 6.54 Å². The number of nitrogens with two attached hydrogens (primary N) is 1. The zero-order valence-electron chi connectivity index (χ0n) is 10.3. The Morgan fingerprint density at radius 2 is 2.16 bits per heavy atom. The van der Waals surface area contributed by atoms with Gasteiger partial charge in [0.05, 0.1) is 19.1 Å². The van der Waals surface area contributed by atoms with Gasteiger partial charge in [-0.1, -0.05) is 24.3 Å². The molecule has 0 amide bonds. The van der Waals surface area contributed by atoms with E-state index >= 15 is 0 Å². The Morgan fingerprint density at radius 1 is 1.32 bits per heavy atom. The molecule has 19 heavy (non-hydrogen) atoms. The molecule has 98 valence electrons. The fraction of sp³-hybridized carbons (Fsp3) is 0.214. The lowest BCUT2D eigenvalue weighted by Crippen LogP contribution is -2.35. The molecule has 3 nitrogen and oxygen atoms in total. The molecule has 1 aliphatic rings. The Kier molecular flexibility index (Phi) is 3.21. The van der Waals surface area contributed by atoms with E-state index in [1.54, 1.807) is 23.5 Å². The van der Waals surface area contributed by atoms with Gasteiger partial charge in [-0.3, -0.25) is 4.99 Å². The molecule has 2 N–H and O–H groups in total. The predicted molar refractivity (Wildman–Crippen MR) is 75.5 cm³/mol. The fourth-order valence-electron chi connectivity index (χ4n) is 2.30. The fourth-order valence-corrected chi connectivity index (χ4v) is 3.00.